The number of ether oxygens (including phenoxy) is 1. The molecule has 1 aliphatic heterocycles. The summed E-state index contributed by atoms with van der Waals surface area (Å²) in [5.41, 5.74) is 1.90. The van der Waals surface area contributed by atoms with Gasteiger partial charge in [0.1, 0.15) is 12.1 Å². The predicted octanol–water partition coefficient (Wildman–Crippen LogP) is 2.25. The molecule has 2 N–H and O–H groups in total. The van der Waals surface area contributed by atoms with Gasteiger partial charge in [-0.05, 0) is 43.5 Å². The zero-order valence-corrected chi connectivity index (χ0v) is 17.0. The molecule has 0 aliphatic carbocycles. The summed E-state index contributed by atoms with van der Waals surface area (Å²) in [6.45, 7) is 4.27. The molecule has 0 radical (unpaired) electrons. The number of amides is 4. The Balaban J connectivity index is 1.57. The molecule has 0 bridgehead atoms. The summed E-state index contributed by atoms with van der Waals surface area (Å²) >= 11 is 0. The van der Waals surface area contributed by atoms with Gasteiger partial charge in [0, 0.05) is 5.69 Å². The summed E-state index contributed by atoms with van der Waals surface area (Å²) in [5, 5.41) is 5.29. The molecule has 4 amide bonds. The fraction of sp³-hybridized carbons (Fsp3) is 0.273. The Morgan fingerprint density at radius 2 is 1.77 bits per heavy atom. The average molecular weight is 409 g/mol. The van der Waals surface area contributed by atoms with Crippen molar-refractivity contribution in [1.82, 2.24) is 10.2 Å². The Labute approximate surface area is 174 Å². The van der Waals surface area contributed by atoms with E-state index in [9.17, 15) is 19.2 Å². The molecule has 30 heavy (non-hydrogen) atoms. The summed E-state index contributed by atoms with van der Waals surface area (Å²) in [6.07, 6.45) is 0. The highest BCUT2D eigenvalue weighted by molar-refractivity contribution is 6.09. The second kappa shape index (κ2) is 8.36. The van der Waals surface area contributed by atoms with Crippen LogP contribution >= 0.6 is 0 Å². The van der Waals surface area contributed by atoms with Crippen LogP contribution in [-0.4, -0.2) is 41.9 Å². The maximum absolute atomic E-state index is 12.8. The second-order valence-electron chi connectivity index (χ2n) is 7.27. The second-order valence-corrected chi connectivity index (χ2v) is 7.27. The van der Waals surface area contributed by atoms with Crippen molar-refractivity contribution < 1.29 is 23.9 Å². The van der Waals surface area contributed by atoms with E-state index in [0.29, 0.717) is 11.3 Å². The maximum Gasteiger partial charge on any atom is 0.326 e. The Kier molecular flexibility index (Phi) is 5.86. The van der Waals surface area contributed by atoms with Gasteiger partial charge in [0.05, 0.1) is 0 Å². The van der Waals surface area contributed by atoms with E-state index in [0.717, 1.165) is 16.0 Å². The third kappa shape index (κ3) is 4.17. The number of esters is 1. The highest BCUT2D eigenvalue weighted by atomic mass is 16.5. The van der Waals surface area contributed by atoms with Crippen molar-refractivity contribution in [3.8, 4) is 0 Å². The first-order chi connectivity index (χ1) is 14.2. The highest BCUT2D eigenvalue weighted by Crippen LogP contribution is 2.28. The molecule has 0 aromatic heterocycles. The van der Waals surface area contributed by atoms with Crippen LogP contribution in [0.15, 0.2) is 48.5 Å². The number of aryl methyl sites for hydroxylation is 1. The molecular weight excluding hydrogens is 386 g/mol. The Hall–Kier alpha value is -3.68. The summed E-state index contributed by atoms with van der Waals surface area (Å²) in [4.78, 5) is 50.1. The number of imide groups is 1. The normalized spacial score (nSPS) is 18.2. The summed E-state index contributed by atoms with van der Waals surface area (Å²) in [5.74, 6) is -1.93. The largest absolute Gasteiger partial charge is 0.454 e. The van der Waals surface area contributed by atoms with E-state index < -0.39 is 42.5 Å². The lowest BCUT2D eigenvalue weighted by Crippen LogP contribution is -2.41. The van der Waals surface area contributed by atoms with Crippen LogP contribution in [-0.2, 0) is 24.7 Å². The fourth-order valence-corrected chi connectivity index (χ4v) is 3.20. The summed E-state index contributed by atoms with van der Waals surface area (Å²) in [6, 6.07) is 13.5. The number of hydrogen-bond acceptors (Lipinski definition) is 5. The van der Waals surface area contributed by atoms with Gasteiger partial charge in [-0.2, -0.15) is 0 Å². The molecule has 2 aromatic rings. The number of rotatable bonds is 6. The maximum atomic E-state index is 12.8. The molecule has 8 heteroatoms. The van der Waals surface area contributed by atoms with Crippen molar-refractivity contribution in [2.75, 3.05) is 18.5 Å². The van der Waals surface area contributed by atoms with Crippen LogP contribution in [0.5, 0.6) is 0 Å². The number of carbonyl (C=O) groups is 4. The molecule has 0 spiro atoms. The highest BCUT2D eigenvalue weighted by Gasteiger charge is 2.49. The van der Waals surface area contributed by atoms with E-state index in [4.69, 9.17) is 4.74 Å². The topological polar surface area (TPSA) is 105 Å². The van der Waals surface area contributed by atoms with E-state index in [-0.39, 0.29) is 0 Å². The lowest BCUT2D eigenvalue weighted by Gasteiger charge is -2.21. The zero-order chi connectivity index (χ0) is 21.9. The van der Waals surface area contributed by atoms with E-state index in [1.165, 1.54) is 0 Å². The molecule has 0 unspecified atom stereocenters. The molecule has 1 fully saturated rings. The van der Waals surface area contributed by atoms with Crippen LogP contribution in [0, 0.1) is 13.8 Å². The Morgan fingerprint density at radius 3 is 2.47 bits per heavy atom. The molecule has 3 rings (SSSR count). The van der Waals surface area contributed by atoms with Gasteiger partial charge >= 0.3 is 12.0 Å². The van der Waals surface area contributed by atoms with E-state index in [1.54, 1.807) is 43.3 Å². The Bertz CT molecular complexity index is 1010. The molecular formula is C22H23N3O5. The standard InChI is InChI=1S/C22H23N3O5/c1-14-8-7-11-17(15(14)2)23-18(26)13-30-19(27)12-25-20(28)22(3,24-21(25)29)16-9-5-4-6-10-16/h4-11H,12-13H2,1-3H3,(H,23,26)(H,24,29)/t22-/m0/s1. The van der Waals surface area contributed by atoms with Gasteiger partial charge in [-0.1, -0.05) is 42.5 Å². The van der Waals surface area contributed by atoms with Crippen molar-refractivity contribution in [3.05, 3.63) is 65.2 Å². The van der Waals surface area contributed by atoms with Gasteiger partial charge in [-0.25, -0.2) is 4.79 Å². The molecule has 1 atom stereocenters. The number of carbonyl (C=O) groups excluding carboxylic acids is 4. The van der Waals surface area contributed by atoms with Crippen LogP contribution in [0.1, 0.15) is 23.6 Å². The molecule has 0 saturated carbocycles. The fourth-order valence-electron chi connectivity index (χ4n) is 3.20. The molecule has 1 aliphatic rings. The van der Waals surface area contributed by atoms with Crippen molar-refractivity contribution in [1.29, 1.82) is 0 Å². The minimum Gasteiger partial charge on any atom is -0.454 e. The molecule has 2 aromatic carbocycles. The molecule has 8 nitrogen and oxygen atoms in total. The SMILES string of the molecule is Cc1cccc(NC(=O)COC(=O)CN2C(=O)N[C@@](C)(c3ccccc3)C2=O)c1C. The third-order valence-corrected chi connectivity index (χ3v) is 5.16. The van der Waals surface area contributed by atoms with Crippen LogP contribution < -0.4 is 10.6 Å². The van der Waals surface area contributed by atoms with Crippen LogP contribution in [0.25, 0.3) is 0 Å². The van der Waals surface area contributed by atoms with E-state index >= 15 is 0 Å². The first-order valence-corrected chi connectivity index (χ1v) is 9.43. The first kappa shape index (κ1) is 21.0. The van der Waals surface area contributed by atoms with E-state index in [2.05, 4.69) is 10.6 Å². The summed E-state index contributed by atoms with van der Waals surface area (Å²) < 4.78 is 4.95. The quantitative estimate of drug-likeness (QED) is 0.562. The monoisotopic (exact) mass is 409 g/mol. The van der Waals surface area contributed by atoms with Crippen molar-refractivity contribution in [3.63, 3.8) is 0 Å². The van der Waals surface area contributed by atoms with Gasteiger partial charge < -0.3 is 15.4 Å². The predicted molar refractivity (Wildman–Crippen MR) is 110 cm³/mol. The van der Waals surface area contributed by atoms with Gasteiger partial charge in [0.15, 0.2) is 6.61 Å². The number of nitrogens with zero attached hydrogens (tertiary/aromatic N) is 1. The number of urea groups is 1. The molecule has 156 valence electrons. The van der Waals surface area contributed by atoms with Crippen LogP contribution in [0.4, 0.5) is 10.5 Å². The van der Waals surface area contributed by atoms with Gasteiger partial charge in [-0.3, -0.25) is 19.3 Å². The first-order valence-electron chi connectivity index (χ1n) is 9.43. The lowest BCUT2D eigenvalue weighted by atomic mass is 9.92. The smallest absolute Gasteiger partial charge is 0.326 e. The number of benzene rings is 2. The molecule has 1 saturated heterocycles. The van der Waals surface area contributed by atoms with Crippen molar-refractivity contribution in [2.24, 2.45) is 0 Å². The van der Waals surface area contributed by atoms with Gasteiger partial charge in [-0.15, -0.1) is 0 Å². The van der Waals surface area contributed by atoms with E-state index in [1.807, 2.05) is 26.0 Å². The Morgan fingerprint density at radius 1 is 1.07 bits per heavy atom. The average Bonchev–Trinajstić information content (AvgIpc) is 2.94. The summed E-state index contributed by atoms with van der Waals surface area (Å²) in [7, 11) is 0. The van der Waals surface area contributed by atoms with Crippen molar-refractivity contribution >= 4 is 29.5 Å². The minimum absolute atomic E-state index is 0.511. The lowest BCUT2D eigenvalue weighted by molar-refractivity contribution is -0.150. The van der Waals surface area contributed by atoms with Crippen LogP contribution in [0.3, 0.4) is 0 Å². The minimum atomic E-state index is -1.27. The van der Waals surface area contributed by atoms with Crippen LogP contribution in [0.2, 0.25) is 0 Å². The number of nitrogens with one attached hydrogen (secondary N) is 2. The number of hydrogen-bond donors (Lipinski definition) is 2. The third-order valence-electron chi connectivity index (χ3n) is 5.16. The van der Waals surface area contributed by atoms with Gasteiger partial charge in [0.2, 0.25) is 0 Å². The van der Waals surface area contributed by atoms with Crippen molar-refractivity contribution in [2.45, 2.75) is 26.3 Å². The molecule has 1 heterocycles. The number of anilines is 1. The zero-order valence-electron chi connectivity index (χ0n) is 17.0. The van der Waals surface area contributed by atoms with Gasteiger partial charge in [0.25, 0.3) is 11.8 Å².